The quantitative estimate of drug-likeness (QED) is 0.896. The molecule has 0 bridgehead atoms. The second kappa shape index (κ2) is 5.49. The third kappa shape index (κ3) is 2.26. The summed E-state index contributed by atoms with van der Waals surface area (Å²) in [5.41, 5.74) is 0.234. The molecule has 1 aliphatic rings. The van der Waals surface area contributed by atoms with Crippen LogP contribution in [0, 0.1) is 11.6 Å². The van der Waals surface area contributed by atoms with Crippen molar-refractivity contribution in [3.05, 3.63) is 23.3 Å². The Kier molecular flexibility index (Phi) is 3.98. The zero-order chi connectivity index (χ0) is 13.1. The molecule has 0 amide bonds. The first-order valence-electron chi connectivity index (χ1n) is 5.61. The van der Waals surface area contributed by atoms with Crippen LogP contribution < -0.4 is 14.8 Å². The van der Waals surface area contributed by atoms with Gasteiger partial charge in [0.05, 0.1) is 26.9 Å². The van der Waals surface area contributed by atoms with Crippen molar-refractivity contribution in [3.63, 3.8) is 0 Å². The first-order chi connectivity index (χ1) is 8.69. The minimum atomic E-state index is -0.843. The normalized spacial score (nSPS) is 19.7. The number of hydrogen-bond acceptors (Lipinski definition) is 4. The first kappa shape index (κ1) is 13.0. The van der Waals surface area contributed by atoms with E-state index in [0.717, 1.165) is 0 Å². The highest BCUT2D eigenvalue weighted by atomic mass is 19.1. The van der Waals surface area contributed by atoms with E-state index in [2.05, 4.69) is 5.32 Å². The van der Waals surface area contributed by atoms with Gasteiger partial charge in [0, 0.05) is 18.7 Å². The van der Waals surface area contributed by atoms with E-state index in [1.54, 1.807) is 0 Å². The molecule has 0 aliphatic carbocycles. The van der Waals surface area contributed by atoms with Crippen molar-refractivity contribution < 1.29 is 23.0 Å². The topological polar surface area (TPSA) is 39.7 Å². The van der Waals surface area contributed by atoms with E-state index in [-0.39, 0.29) is 11.3 Å². The Hall–Kier alpha value is -1.40. The van der Waals surface area contributed by atoms with Gasteiger partial charge in [-0.3, -0.25) is 0 Å². The SMILES string of the molecule is COc1cc(C2CNCCO2)c(F)c(OC)c1F. The zero-order valence-corrected chi connectivity index (χ0v) is 10.3. The summed E-state index contributed by atoms with van der Waals surface area (Å²) in [6.07, 6.45) is -0.470. The van der Waals surface area contributed by atoms with E-state index in [9.17, 15) is 8.78 Å². The summed E-state index contributed by atoms with van der Waals surface area (Å²) in [6, 6.07) is 1.31. The fraction of sp³-hybridized carbons (Fsp3) is 0.500. The zero-order valence-electron chi connectivity index (χ0n) is 10.3. The van der Waals surface area contributed by atoms with Gasteiger partial charge in [-0.15, -0.1) is 0 Å². The number of benzene rings is 1. The third-order valence-corrected chi connectivity index (χ3v) is 2.85. The van der Waals surface area contributed by atoms with Gasteiger partial charge in [-0.2, -0.15) is 4.39 Å². The van der Waals surface area contributed by atoms with Gasteiger partial charge in [0.2, 0.25) is 5.82 Å². The number of hydrogen-bond donors (Lipinski definition) is 1. The van der Waals surface area contributed by atoms with Gasteiger partial charge >= 0.3 is 0 Å². The summed E-state index contributed by atoms with van der Waals surface area (Å²) < 4.78 is 42.9. The Morgan fingerprint density at radius 2 is 2.06 bits per heavy atom. The monoisotopic (exact) mass is 259 g/mol. The molecule has 4 nitrogen and oxygen atoms in total. The second-order valence-electron chi connectivity index (χ2n) is 3.89. The van der Waals surface area contributed by atoms with Crippen molar-refractivity contribution in [1.82, 2.24) is 5.32 Å². The molecular weight excluding hydrogens is 244 g/mol. The highest BCUT2D eigenvalue weighted by Crippen LogP contribution is 2.36. The molecule has 1 fully saturated rings. The minimum absolute atomic E-state index is 0.0579. The molecule has 0 radical (unpaired) electrons. The van der Waals surface area contributed by atoms with Crippen LogP contribution in [0.2, 0.25) is 0 Å². The molecule has 1 N–H and O–H groups in total. The minimum Gasteiger partial charge on any atom is -0.494 e. The lowest BCUT2D eigenvalue weighted by atomic mass is 10.1. The van der Waals surface area contributed by atoms with Gasteiger partial charge in [0.25, 0.3) is 0 Å². The van der Waals surface area contributed by atoms with Gasteiger partial charge < -0.3 is 19.5 Å². The van der Waals surface area contributed by atoms with E-state index in [1.807, 2.05) is 0 Å². The number of ether oxygens (including phenoxy) is 3. The lowest BCUT2D eigenvalue weighted by Crippen LogP contribution is -2.33. The summed E-state index contributed by atoms with van der Waals surface area (Å²) in [4.78, 5) is 0. The average molecular weight is 259 g/mol. The van der Waals surface area contributed by atoms with Gasteiger partial charge in [0.15, 0.2) is 17.3 Å². The van der Waals surface area contributed by atoms with E-state index in [4.69, 9.17) is 14.2 Å². The molecule has 18 heavy (non-hydrogen) atoms. The number of methoxy groups -OCH3 is 2. The molecular formula is C12H15F2NO3. The van der Waals surface area contributed by atoms with Crippen LogP contribution in [0.1, 0.15) is 11.7 Å². The van der Waals surface area contributed by atoms with E-state index in [1.165, 1.54) is 20.3 Å². The van der Waals surface area contributed by atoms with E-state index >= 15 is 0 Å². The average Bonchev–Trinajstić information content (AvgIpc) is 2.41. The number of halogens is 2. The Balaban J connectivity index is 2.45. The summed E-state index contributed by atoms with van der Waals surface area (Å²) >= 11 is 0. The Morgan fingerprint density at radius 3 is 2.61 bits per heavy atom. The molecule has 1 aromatic rings. The van der Waals surface area contributed by atoms with Crippen LogP contribution in [0.15, 0.2) is 6.07 Å². The lowest BCUT2D eigenvalue weighted by molar-refractivity contribution is 0.0250. The Labute approximate surface area is 104 Å². The van der Waals surface area contributed by atoms with Crippen molar-refractivity contribution in [1.29, 1.82) is 0 Å². The fourth-order valence-corrected chi connectivity index (χ4v) is 1.93. The molecule has 1 aromatic carbocycles. The molecule has 1 unspecified atom stereocenters. The van der Waals surface area contributed by atoms with Gasteiger partial charge in [-0.25, -0.2) is 4.39 Å². The molecule has 2 rings (SSSR count). The van der Waals surface area contributed by atoms with E-state index in [0.29, 0.717) is 19.7 Å². The highest BCUT2D eigenvalue weighted by molar-refractivity contribution is 5.43. The maximum atomic E-state index is 14.1. The van der Waals surface area contributed by atoms with Gasteiger partial charge in [0.1, 0.15) is 0 Å². The maximum Gasteiger partial charge on any atom is 0.209 e. The number of nitrogens with one attached hydrogen (secondary N) is 1. The van der Waals surface area contributed by atoms with Crippen molar-refractivity contribution in [3.8, 4) is 11.5 Å². The molecule has 1 atom stereocenters. The van der Waals surface area contributed by atoms with Crippen molar-refractivity contribution >= 4 is 0 Å². The fourth-order valence-electron chi connectivity index (χ4n) is 1.93. The number of morpholine rings is 1. The van der Waals surface area contributed by atoms with Crippen LogP contribution in [0.5, 0.6) is 11.5 Å². The molecule has 100 valence electrons. The third-order valence-electron chi connectivity index (χ3n) is 2.85. The number of rotatable bonds is 3. The van der Waals surface area contributed by atoms with Crippen molar-refractivity contribution in [2.45, 2.75) is 6.10 Å². The van der Waals surface area contributed by atoms with Crippen LogP contribution >= 0.6 is 0 Å². The predicted molar refractivity (Wildman–Crippen MR) is 61.0 cm³/mol. The molecule has 0 aromatic heterocycles. The predicted octanol–water partition coefficient (Wildman–Crippen LogP) is 1.64. The summed E-state index contributed by atoms with van der Waals surface area (Å²) in [7, 11) is 2.53. The van der Waals surface area contributed by atoms with Crippen LogP contribution in [0.25, 0.3) is 0 Å². The lowest BCUT2D eigenvalue weighted by Gasteiger charge is -2.25. The molecule has 1 saturated heterocycles. The largest absolute Gasteiger partial charge is 0.494 e. The molecule has 1 heterocycles. The Morgan fingerprint density at radius 1 is 1.28 bits per heavy atom. The summed E-state index contributed by atoms with van der Waals surface area (Å²) in [5.74, 6) is -2.09. The second-order valence-corrected chi connectivity index (χ2v) is 3.89. The van der Waals surface area contributed by atoms with Crippen LogP contribution in [-0.2, 0) is 4.74 Å². The molecule has 1 aliphatic heterocycles. The first-order valence-corrected chi connectivity index (χ1v) is 5.61. The maximum absolute atomic E-state index is 14.1. The highest BCUT2D eigenvalue weighted by Gasteiger charge is 2.26. The summed E-state index contributed by atoms with van der Waals surface area (Å²) in [6.45, 7) is 1.66. The molecule has 6 heteroatoms. The van der Waals surface area contributed by atoms with E-state index < -0.39 is 23.5 Å². The van der Waals surface area contributed by atoms with Crippen LogP contribution in [0.4, 0.5) is 8.78 Å². The van der Waals surface area contributed by atoms with Gasteiger partial charge in [-0.05, 0) is 6.07 Å². The molecule has 0 spiro atoms. The molecule has 0 saturated carbocycles. The van der Waals surface area contributed by atoms with Crippen molar-refractivity contribution in [2.24, 2.45) is 0 Å². The smallest absolute Gasteiger partial charge is 0.209 e. The van der Waals surface area contributed by atoms with Crippen LogP contribution in [0.3, 0.4) is 0 Å². The Bertz CT molecular complexity index is 434. The van der Waals surface area contributed by atoms with Crippen molar-refractivity contribution in [2.75, 3.05) is 33.9 Å². The summed E-state index contributed by atoms with van der Waals surface area (Å²) in [5, 5.41) is 3.08. The van der Waals surface area contributed by atoms with Gasteiger partial charge in [-0.1, -0.05) is 0 Å². The van der Waals surface area contributed by atoms with Crippen LogP contribution in [-0.4, -0.2) is 33.9 Å². The standard InChI is InChI=1S/C12H15F2NO3/c1-16-8-5-7(9-6-15-3-4-18-9)10(13)12(17-2)11(8)14/h5,9,15H,3-4,6H2,1-2H3.